The van der Waals surface area contributed by atoms with E-state index in [0.29, 0.717) is 28.7 Å². The van der Waals surface area contributed by atoms with Crippen molar-refractivity contribution < 1.29 is 28.5 Å². The minimum Gasteiger partial charge on any atom is -0.493 e. The van der Waals surface area contributed by atoms with Gasteiger partial charge in [0.1, 0.15) is 17.1 Å². The Kier molecular flexibility index (Phi) is 8.75. The first-order valence-corrected chi connectivity index (χ1v) is 10.6. The number of amides is 2. The van der Waals surface area contributed by atoms with Crippen molar-refractivity contribution in [3.05, 3.63) is 42.5 Å². The summed E-state index contributed by atoms with van der Waals surface area (Å²) in [5.41, 5.74) is -0.000642. The molecule has 32 heavy (non-hydrogen) atoms. The molecule has 0 unspecified atom stereocenters. The first-order chi connectivity index (χ1) is 15.1. The molecule has 0 aliphatic heterocycles. The quantitative estimate of drug-likeness (QED) is 0.510. The number of ether oxygens (including phenoxy) is 4. The number of benzene rings is 2. The Morgan fingerprint density at radius 2 is 1.53 bits per heavy atom. The molecule has 0 fully saturated rings. The SMILES string of the molecule is CCC(CC)NC(=O)Oc1ccc(Oc2ccc(NC(=O)OC(C)(C)C)cc2)c(OC)c1. The highest BCUT2D eigenvalue weighted by atomic mass is 16.6. The normalized spacial score (nSPS) is 11.0. The van der Waals surface area contributed by atoms with Crippen LogP contribution in [0.4, 0.5) is 15.3 Å². The van der Waals surface area contributed by atoms with Crippen LogP contribution in [0.2, 0.25) is 0 Å². The lowest BCUT2D eigenvalue weighted by molar-refractivity contribution is 0.0636. The molecule has 8 heteroatoms. The van der Waals surface area contributed by atoms with Gasteiger partial charge in [0.05, 0.1) is 7.11 Å². The van der Waals surface area contributed by atoms with Crippen LogP contribution in [0.25, 0.3) is 0 Å². The molecule has 2 aromatic rings. The lowest BCUT2D eigenvalue weighted by Crippen LogP contribution is -2.35. The predicted octanol–water partition coefficient (Wildman–Crippen LogP) is 6.11. The van der Waals surface area contributed by atoms with Crippen molar-refractivity contribution in [1.29, 1.82) is 0 Å². The van der Waals surface area contributed by atoms with Gasteiger partial charge in [-0.25, -0.2) is 9.59 Å². The van der Waals surface area contributed by atoms with Crippen molar-refractivity contribution in [2.45, 2.75) is 59.1 Å². The van der Waals surface area contributed by atoms with Crippen LogP contribution in [0, 0.1) is 0 Å². The van der Waals surface area contributed by atoms with Gasteiger partial charge < -0.3 is 24.3 Å². The Bertz CT molecular complexity index is 902. The zero-order valence-corrected chi connectivity index (χ0v) is 19.5. The van der Waals surface area contributed by atoms with Gasteiger partial charge in [-0.2, -0.15) is 0 Å². The molecule has 0 aliphatic carbocycles. The topological polar surface area (TPSA) is 95.1 Å². The van der Waals surface area contributed by atoms with Crippen LogP contribution in [0.15, 0.2) is 42.5 Å². The summed E-state index contributed by atoms with van der Waals surface area (Å²) < 4.78 is 21.8. The number of hydrogen-bond donors (Lipinski definition) is 2. The minimum absolute atomic E-state index is 0.0692. The molecule has 8 nitrogen and oxygen atoms in total. The summed E-state index contributed by atoms with van der Waals surface area (Å²) in [6, 6.07) is 11.8. The van der Waals surface area contributed by atoms with Crippen LogP contribution in [-0.2, 0) is 4.74 Å². The first kappa shape index (κ1) is 24.8. The monoisotopic (exact) mass is 444 g/mol. The summed E-state index contributed by atoms with van der Waals surface area (Å²) in [5.74, 6) is 1.75. The molecule has 0 spiro atoms. The van der Waals surface area contributed by atoms with Gasteiger partial charge in [0, 0.05) is 17.8 Å². The van der Waals surface area contributed by atoms with E-state index in [-0.39, 0.29) is 6.04 Å². The summed E-state index contributed by atoms with van der Waals surface area (Å²) in [6.45, 7) is 9.40. The van der Waals surface area contributed by atoms with Gasteiger partial charge in [0.25, 0.3) is 0 Å². The highest BCUT2D eigenvalue weighted by molar-refractivity contribution is 5.84. The highest BCUT2D eigenvalue weighted by Gasteiger charge is 2.16. The average Bonchev–Trinajstić information content (AvgIpc) is 2.73. The van der Waals surface area contributed by atoms with Crippen molar-refractivity contribution in [2.24, 2.45) is 0 Å². The fourth-order valence-corrected chi connectivity index (χ4v) is 2.75. The van der Waals surface area contributed by atoms with Crippen LogP contribution in [-0.4, -0.2) is 30.9 Å². The van der Waals surface area contributed by atoms with Gasteiger partial charge in [-0.1, -0.05) is 13.8 Å². The lowest BCUT2D eigenvalue weighted by Gasteiger charge is -2.19. The van der Waals surface area contributed by atoms with Gasteiger partial charge in [-0.05, 0) is 70.0 Å². The van der Waals surface area contributed by atoms with Crippen LogP contribution in [0.1, 0.15) is 47.5 Å². The molecular weight excluding hydrogens is 412 g/mol. The maximum absolute atomic E-state index is 12.1. The van der Waals surface area contributed by atoms with E-state index in [4.69, 9.17) is 18.9 Å². The summed E-state index contributed by atoms with van der Waals surface area (Å²) >= 11 is 0. The van der Waals surface area contributed by atoms with Crippen LogP contribution in [0.3, 0.4) is 0 Å². The van der Waals surface area contributed by atoms with Crippen LogP contribution < -0.4 is 24.8 Å². The van der Waals surface area contributed by atoms with E-state index in [1.54, 1.807) is 63.2 Å². The summed E-state index contributed by atoms with van der Waals surface area (Å²) in [5, 5.41) is 5.48. The molecule has 0 aliphatic rings. The third-order valence-electron chi connectivity index (χ3n) is 4.38. The van der Waals surface area contributed by atoms with Crippen LogP contribution in [0.5, 0.6) is 23.0 Å². The predicted molar refractivity (Wildman–Crippen MR) is 123 cm³/mol. The van der Waals surface area contributed by atoms with E-state index < -0.39 is 17.8 Å². The van der Waals surface area contributed by atoms with Gasteiger partial charge in [-0.15, -0.1) is 0 Å². The zero-order chi connectivity index (χ0) is 23.7. The maximum Gasteiger partial charge on any atom is 0.412 e. The van der Waals surface area contributed by atoms with E-state index in [1.165, 1.54) is 7.11 Å². The van der Waals surface area contributed by atoms with Gasteiger partial charge in [0.2, 0.25) is 0 Å². The Labute approximate surface area is 189 Å². The molecule has 0 saturated carbocycles. The van der Waals surface area contributed by atoms with E-state index >= 15 is 0 Å². The summed E-state index contributed by atoms with van der Waals surface area (Å²) in [4.78, 5) is 23.9. The molecule has 2 aromatic carbocycles. The second kappa shape index (κ2) is 11.3. The average molecular weight is 445 g/mol. The molecule has 0 radical (unpaired) electrons. The van der Waals surface area contributed by atoms with Crippen molar-refractivity contribution in [3.63, 3.8) is 0 Å². The van der Waals surface area contributed by atoms with Crippen molar-refractivity contribution in [2.75, 3.05) is 12.4 Å². The Hall–Kier alpha value is -3.42. The zero-order valence-electron chi connectivity index (χ0n) is 19.5. The second-order valence-electron chi connectivity index (χ2n) is 8.11. The first-order valence-electron chi connectivity index (χ1n) is 10.6. The van der Waals surface area contributed by atoms with E-state index in [9.17, 15) is 9.59 Å². The molecule has 174 valence electrons. The van der Waals surface area contributed by atoms with E-state index in [1.807, 2.05) is 13.8 Å². The van der Waals surface area contributed by atoms with Crippen molar-refractivity contribution in [3.8, 4) is 23.0 Å². The molecule has 2 N–H and O–H groups in total. The fraction of sp³-hybridized carbons (Fsp3) is 0.417. The summed E-state index contributed by atoms with van der Waals surface area (Å²) in [6.07, 6.45) is 0.612. The molecule has 0 aromatic heterocycles. The van der Waals surface area contributed by atoms with Gasteiger partial charge in [0.15, 0.2) is 11.5 Å². The van der Waals surface area contributed by atoms with Crippen LogP contribution >= 0.6 is 0 Å². The standard InChI is InChI=1S/C24H32N2O6/c1-7-16(8-2)25-22(27)31-19-13-14-20(21(15-19)29-6)30-18-11-9-17(10-12-18)26-23(28)32-24(3,4)5/h9-16H,7-8H2,1-6H3,(H,25,27)(H,26,28). The molecule has 2 rings (SSSR count). The van der Waals surface area contributed by atoms with E-state index in [2.05, 4.69) is 10.6 Å². The largest absolute Gasteiger partial charge is 0.493 e. The molecular formula is C24H32N2O6. The van der Waals surface area contributed by atoms with Gasteiger partial charge in [-0.3, -0.25) is 5.32 Å². The third-order valence-corrected chi connectivity index (χ3v) is 4.38. The van der Waals surface area contributed by atoms with E-state index in [0.717, 1.165) is 12.8 Å². The Morgan fingerprint density at radius 1 is 0.906 bits per heavy atom. The Balaban J connectivity index is 2.01. The number of nitrogens with one attached hydrogen (secondary N) is 2. The third kappa shape index (κ3) is 8.02. The maximum atomic E-state index is 12.1. The number of carbonyl (C=O) groups is 2. The molecule has 0 bridgehead atoms. The number of carbonyl (C=O) groups excluding carboxylic acids is 2. The number of anilines is 1. The van der Waals surface area contributed by atoms with Crippen molar-refractivity contribution >= 4 is 17.9 Å². The fourth-order valence-electron chi connectivity index (χ4n) is 2.75. The summed E-state index contributed by atoms with van der Waals surface area (Å²) in [7, 11) is 1.50. The molecule has 2 amide bonds. The Morgan fingerprint density at radius 3 is 2.09 bits per heavy atom. The smallest absolute Gasteiger partial charge is 0.412 e. The number of methoxy groups -OCH3 is 1. The second-order valence-corrected chi connectivity index (χ2v) is 8.11. The lowest BCUT2D eigenvalue weighted by atomic mass is 10.2. The van der Waals surface area contributed by atoms with Crippen molar-refractivity contribution in [1.82, 2.24) is 5.32 Å². The highest BCUT2D eigenvalue weighted by Crippen LogP contribution is 2.35. The number of hydrogen-bond acceptors (Lipinski definition) is 6. The molecule has 0 saturated heterocycles. The van der Waals surface area contributed by atoms with Gasteiger partial charge >= 0.3 is 12.2 Å². The molecule has 0 atom stereocenters. The number of rotatable bonds is 8. The minimum atomic E-state index is -0.575. The molecule has 0 heterocycles.